The Morgan fingerprint density at radius 1 is 1.00 bits per heavy atom. The van der Waals surface area contributed by atoms with Gasteiger partial charge in [-0.2, -0.15) is 0 Å². The van der Waals surface area contributed by atoms with Gasteiger partial charge in [0.15, 0.2) is 0 Å². The molecule has 19 heavy (non-hydrogen) atoms. The fraction of sp³-hybridized carbons (Fsp3) is 0.294. The molecule has 0 saturated carbocycles. The highest BCUT2D eigenvalue weighted by molar-refractivity contribution is 5.46. The molecule has 3 rings (SSSR count). The van der Waals surface area contributed by atoms with Crippen LogP contribution in [0.25, 0.3) is 0 Å². The quantitative estimate of drug-likeness (QED) is 0.848. The van der Waals surface area contributed by atoms with Crippen molar-refractivity contribution in [1.82, 2.24) is 0 Å². The van der Waals surface area contributed by atoms with Crippen LogP contribution < -0.4 is 10.5 Å². The minimum atomic E-state index is 0.674. The Morgan fingerprint density at radius 2 is 1.84 bits per heavy atom. The van der Waals surface area contributed by atoms with Gasteiger partial charge in [-0.25, -0.2) is 0 Å². The fourth-order valence-electron chi connectivity index (χ4n) is 2.68. The molecule has 0 amide bonds. The first kappa shape index (κ1) is 12.1. The van der Waals surface area contributed by atoms with Gasteiger partial charge in [-0.05, 0) is 54.2 Å². The molecule has 2 N–H and O–H groups in total. The summed E-state index contributed by atoms with van der Waals surface area (Å²) in [6.07, 6.45) is 4.54. The van der Waals surface area contributed by atoms with Crippen molar-refractivity contribution in [3.63, 3.8) is 0 Å². The summed E-state index contributed by atoms with van der Waals surface area (Å²) in [6.45, 7) is 0.674. The maximum atomic E-state index is 5.92. The average molecular weight is 253 g/mol. The zero-order valence-corrected chi connectivity index (χ0v) is 11.1. The van der Waals surface area contributed by atoms with Crippen molar-refractivity contribution in [1.29, 1.82) is 0 Å². The Labute approximate surface area is 114 Å². The van der Waals surface area contributed by atoms with Crippen LogP contribution in [0.15, 0.2) is 42.5 Å². The highest BCUT2D eigenvalue weighted by Crippen LogP contribution is 2.26. The molecule has 98 valence electrons. The van der Waals surface area contributed by atoms with E-state index in [2.05, 4.69) is 24.3 Å². The number of rotatable bonds is 4. The molecule has 0 atom stereocenters. The summed E-state index contributed by atoms with van der Waals surface area (Å²) in [5.74, 6) is 0.982. The van der Waals surface area contributed by atoms with E-state index in [1.54, 1.807) is 0 Å². The Kier molecular flexibility index (Phi) is 3.41. The second-order valence-corrected chi connectivity index (χ2v) is 5.08. The molecule has 2 aromatic carbocycles. The van der Waals surface area contributed by atoms with Gasteiger partial charge in [-0.15, -0.1) is 0 Å². The molecule has 0 heterocycles. The standard InChI is InChI=1S/C17H19NO/c18-17-7-2-1-4-14(17)10-11-19-16-9-8-13-5-3-6-15(13)12-16/h1-2,4,7-9,12H,3,5-6,10-11,18H2. The van der Waals surface area contributed by atoms with Gasteiger partial charge < -0.3 is 10.5 Å². The number of ether oxygens (including phenoxy) is 1. The first-order chi connectivity index (χ1) is 9.33. The molecule has 0 radical (unpaired) electrons. The van der Waals surface area contributed by atoms with Crippen molar-refractivity contribution in [2.45, 2.75) is 25.7 Å². The third kappa shape index (κ3) is 2.73. The summed E-state index contributed by atoms with van der Waals surface area (Å²) < 4.78 is 5.83. The van der Waals surface area contributed by atoms with Crippen LogP contribution in [-0.4, -0.2) is 6.61 Å². The van der Waals surface area contributed by atoms with Crippen LogP contribution in [0.2, 0.25) is 0 Å². The van der Waals surface area contributed by atoms with Gasteiger partial charge >= 0.3 is 0 Å². The molecular formula is C17H19NO. The molecule has 0 spiro atoms. The van der Waals surface area contributed by atoms with Crippen LogP contribution in [-0.2, 0) is 19.3 Å². The minimum Gasteiger partial charge on any atom is -0.493 e. The number of hydrogen-bond donors (Lipinski definition) is 1. The maximum absolute atomic E-state index is 5.92. The normalized spacial score (nSPS) is 13.3. The van der Waals surface area contributed by atoms with Gasteiger partial charge in [0.2, 0.25) is 0 Å². The average Bonchev–Trinajstić information content (AvgIpc) is 2.88. The molecule has 0 aromatic heterocycles. The van der Waals surface area contributed by atoms with Crippen molar-refractivity contribution in [2.24, 2.45) is 0 Å². The lowest BCUT2D eigenvalue weighted by molar-refractivity contribution is 0.322. The topological polar surface area (TPSA) is 35.2 Å². The van der Waals surface area contributed by atoms with Crippen molar-refractivity contribution in [3.05, 3.63) is 59.2 Å². The molecule has 2 aromatic rings. The van der Waals surface area contributed by atoms with Gasteiger partial charge in [-0.1, -0.05) is 24.3 Å². The number of para-hydroxylation sites is 1. The zero-order valence-electron chi connectivity index (χ0n) is 11.1. The Balaban J connectivity index is 1.59. The van der Waals surface area contributed by atoms with E-state index in [-0.39, 0.29) is 0 Å². The number of benzene rings is 2. The number of aryl methyl sites for hydroxylation is 2. The number of nitrogen functional groups attached to an aromatic ring is 1. The zero-order chi connectivity index (χ0) is 13.1. The Bertz CT molecular complexity index is 577. The van der Waals surface area contributed by atoms with E-state index < -0.39 is 0 Å². The monoisotopic (exact) mass is 253 g/mol. The van der Waals surface area contributed by atoms with Crippen LogP contribution in [0.5, 0.6) is 5.75 Å². The maximum Gasteiger partial charge on any atom is 0.119 e. The molecule has 0 fully saturated rings. The van der Waals surface area contributed by atoms with E-state index >= 15 is 0 Å². The van der Waals surface area contributed by atoms with Crippen LogP contribution in [0, 0.1) is 0 Å². The van der Waals surface area contributed by atoms with E-state index in [0.29, 0.717) is 6.61 Å². The highest BCUT2D eigenvalue weighted by Gasteiger charge is 2.11. The van der Waals surface area contributed by atoms with Crippen LogP contribution in [0.3, 0.4) is 0 Å². The van der Waals surface area contributed by atoms with Crippen LogP contribution in [0.4, 0.5) is 5.69 Å². The smallest absolute Gasteiger partial charge is 0.119 e. The summed E-state index contributed by atoms with van der Waals surface area (Å²) in [4.78, 5) is 0. The molecule has 0 aliphatic heterocycles. The summed E-state index contributed by atoms with van der Waals surface area (Å²) in [7, 11) is 0. The highest BCUT2D eigenvalue weighted by atomic mass is 16.5. The summed E-state index contributed by atoms with van der Waals surface area (Å²) in [5.41, 5.74) is 10.9. The molecular weight excluding hydrogens is 234 g/mol. The van der Waals surface area contributed by atoms with Crippen LogP contribution >= 0.6 is 0 Å². The van der Waals surface area contributed by atoms with Crippen molar-refractivity contribution in [3.8, 4) is 5.75 Å². The summed E-state index contributed by atoms with van der Waals surface area (Å²) in [6, 6.07) is 14.4. The number of fused-ring (bicyclic) bond motifs is 1. The number of hydrogen-bond acceptors (Lipinski definition) is 2. The molecule has 2 nitrogen and oxygen atoms in total. The van der Waals surface area contributed by atoms with E-state index in [1.165, 1.54) is 30.4 Å². The molecule has 0 saturated heterocycles. The summed E-state index contributed by atoms with van der Waals surface area (Å²) >= 11 is 0. The minimum absolute atomic E-state index is 0.674. The molecule has 1 aliphatic rings. The first-order valence-corrected chi connectivity index (χ1v) is 6.91. The Morgan fingerprint density at radius 3 is 2.74 bits per heavy atom. The largest absolute Gasteiger partial charge is 0.493 e. The lowest BCUT2D eigenvalue weighted by Crippen LogP contribution is -2.04. The van der Waals surface area contributed by atoms with E-state index in [0.717, 1.165) is 23.4 Å². The SMILES string of the molecule is Nc1ccccc1CCOc1ccc2c(c1)CCC2. The van der Waals surface area contributed by atoms with Gasteiger partial charge in [0.1, 0.15) is 5.75 Å². The lowest BCUT2D eigenvalue weighted by atomic mass is 10.1. The van der Waals surface area contributed by atoms with Crippen molar-refractivity contribution in [2.75, 3.05) is 12.3 Å². The second-order valence-electron chi connectivity index (χ2n) is 5.08. The predicted octanol–water partition coefficient (Wildman–Crippen LogP) is 3.38. The number of anilines is 1. The number of nitrogens with two attached hydrogens (primary N) is 1. The van der Waals surface area contributed by atoms with Crippen LogP contribution in [0.1, 0.15) is 23.1 Å². The third-order valence-corrected chi connectivity index (χ3v) is 3.77. The molecule has 1 aliphatic carbocycles. The molecule has 2 heteroatoms. The molecule has 0 unspecified atom stereocenters. The first-order valence-electron chi connectivity index (χ1n) is 6.91. The Hall–Kier alpha value is -1.96. The lowest BCUT2D eigenvalue weighted by Gasteiger charge is -2.09. The van der Waals surface area contributed by atoms with Crippen molar-refractivity contribution >= 4 is 5.69 Å². The van der Waals surface area contributed by atoms with Gasteiger partial charge in [-0.3, -0.25) is 0 Å². The van der Waals surface area contributed by atoms with Gasteiger partial charge in [0.25, 0.3) is 0 Å². The van der Waals surface area contributed by atoms with E-state index in [9.17, 15) is 0 Å². The second kappa shape index (κ2) is 5.35. The summed E-state index contributed by atoms with van der Waals surface area (Å²) in [5, 5.41) is 0. The van der Waals surface area contributed by atoms with Crippen molar-refractivity contribution < 1.29 is 4.74 Å². The predicted molar refractivity (Wildman–Crippen MR) is 78.5 cm³/mol. The fourth-order valence-corrected chi connectivity index (χ4v) is 2.68. The third-order valence-electron chi connectivity index (χ3n) is 3.77. The van der Waals surface area contributed by atoms with E-state index in [1.807, 2.05) is 18.2 Å². The van der Waals surface area contributed by atoms with Gasteiger partial charge in [0, 0.05) is 12.1 Å². The van der Waals surface area contributed by atoms with Gasteiger partial charge in [0.05, 0.1) is 6.61 Å². The van der Waals surface area contributed by atoms with E-state index in [4.69, 9.17) is 10.5 Å². The molecule has 0 bridgehead atoms.